The molecule has 4 nitrogen and oxygen atoms in total. The molecule has 0 fully saturated rings. The van der Waals surface area contributed by atoms with Gasteiger partial charge in [-0.1, -0.05) is 6.58 Å². The van der Waals surface area contributed by atoms with E-state index in [1.54, 1.807) is 6.92 Å². The zero-order chi connectivity index (χ0) is 12.4. The van der Waals surface area contributed by atoms with Crippen molar-refractivity contribution < 1.29 is 14.3 Å². The topological polar surface area (TPSA) is 67.2 Å². The fourth-order valence-electron chi connectivity index (χ4n) is 1.16. The first kappa shape index (κ1) is 14.4. The SMILES string of the molecule is C=C(CC(=O)CCCCC#N)C(=O)OCC. The maximum Gasteiger partial charge on any atom is 0.333 e. The Morgan fingerprint density at radius 1 is 1.38 bits per heavy atom. The molecule has 0 saturated carbocycles. The quantitative estimate of drug-likeness (QED) is 0.359. The summed E-state index contributed by atoms with van der Waals surface area (Å²) in [5, 5.41) is 8.30. The molecular formula is C12H17NO3. The molecule has 0 heterocycles. The van der Waals surface area contributed by atoms with Crippen LogP contribution >= 0.6 is 0 Å². The average molecular weight is 223 g/mol. The second kappa shape index (κ2) is 8.66. The predicted octanol–water partition coefficient (Wildman–Crippen LogP) is 2.15. The van der Waals surface area contributed by atoms with Crippen LogP contribution in [0.15, 0.2) is 12.2 Å². The van der Waals surface area contributed by atoms with Gasteiger partial charge >= 0.3 is 5.97 Å². The van der Waals surface area contributed by atoms with Gasteiger partial charge < -0.3 is 4.74 Å². The van der Waals surface area contributed by atoms with Crippen molar-refractivity contribution >= 4 is 11.8 Å². The van der Waals surface area contributed by atoms with Gasteiger partial charge in [-0.25, -0.2) is 4.79 Å². The van der Waals surface area contributed by atoms with Crippen molar-refractivity contribution in [1.29, 1.82) is 5.26 Å². The second-order valence-electron chi connectivity index (χ2n) is 3.40. The Morgan fingerprint density at radius 2 is 2.06 bits per heavy atom. The summed E-state index contributed by atoms with van der Waals surface area (Å²) in [6.45, 7) is 5.50. The molecule has 0 aliphatic heterocycles. The van der Waals surface area contributed by atoms with Crippen LogP contribution in [-0.4, -0.2) is 18.4 Å². The monoisotopic (exact) mass is 223 g/mol. The molecule has 0 N–H and O–H groups in total. The molecule has 0 saturated heterocycles. The first-order chi connectivity index (χ1) is 7.61. The number of hydrogen-bond donors (Lipinski definition) is 0. The molecule has 0 aromatic heterocycles. The zero-order valence-corrected chi connectivity index (χ0v) is 9.62. The average Bonchev–Trinajstić information content (AvgIpc) is 2.24. The summed E-state index contributed by atoms with van der Waals surface area (Å²) in [5.41, 5.74) is 0.201. The number of hydrogen-bond acceptors (Lipinski definition) is 4. The van der Waals surface area contributed by atoms with Gasteiger partial charge in [0.1, 0.15) is 5.78 Å². The molecule has 0 bridgehead atoms. The highest BCUT2D eigenvalue weighted by Crippen LogP contribution is 2.07. The number of unbranched alkanes of at least 4 members (excludes halogenated alkanes) is 2. The molecule has 4 heteroatoms. The van der Waals surface area contributed by atoms with Crippen molar-refractivity contribution in [2.24, 2.45) is 0 Å². The highest BCUT2D eigenvalue weighted by atomic mass is 16.5. The van der Waals surface area contributed by atoms with Gasteiger partial charge in [0.05, 0.1) is 12.7 Å². The summed E-state index contributed by atoms with van der Waals surface area (Å²) in [5.74, 6) is -0.538. The van der Waals surface area contributed by atoms with Crippen LogP contribution in [0.4, 0.5) is 0 Å². The molecule has 0 aromatic rings. The van der Waals surface area contributed by atoms with Gasteiger partial charge in [0.2, 0.25) is 0 Å². The lowest BCUT2D eigenvalue weighted by Gasteiger charge is -2.04. The molecule has 0 radical (unpaired) electrons. The van der Waals surface area contributed by atoms with E-state index in [1.165, 1.54) is 0 Å². The molecule has 16 heavy (non-hydrogen) atoms. The van der Waals surface area contributed by atoms with E-state index in [0.29, 0.717) is 25.7 Å². The second-order valence-corrected chi connectivity index (χ2v) is 3.40. The normalized spacial score (nSPS) is 9.25. The third-order valence-corrected chi connectivity index (χ3v) is 1.97. The molecule has 0 amide bonds. The fraction of sp³-hybridized carbons (Fsp3) is 0.583. The van der Waals surface area contributed by atoms with Gasteiger partial charge in [0, 0.05) is 24.8 Å². The molecule has 0 spiro atoms. The van der Waals surface area contributed by atoms with E-state index in [4.69, 9.17) is 10.00 Å². The third-order valence-electron chi connectivity index (χ3n) is 1.97. The summed E-state index contributed by atoms with van der Waals surface area (Å²) < 4.78 is 4.71. The molecule has 0 atom stereocenters. The number of nitrogens with zero attached hydrogens (tertiary/aromatic N) is 1. The summed E-state index contributed by atoms with van der Waals surface area (Å²) >= 11 is 0. The van der Waals surface area contributed by atoms with E-state index < -0.39 is 5.97 Å². The van der Waals surface area contributed by atoms with Crippen LogP contribution < -0.4 is 0 Å². The Hall–Kier alpha value is -1.63. The van der Waals surface area contributed by atoms with Crippen LogP contribution in [0.2, 0.25) is 0 Å². The number of nitriles is 1. The predicted molar refractivity (Wildman–Crippen MR) is 59.5 cm³/mol. The fourth-order valence-corrected chi connectivity index (χ4v) is 1.16. The Morgan fingerprint density at radius 3 is 2.62 bits per heavy atom. The Balaban J connectivity index is 3.75. The number of Topliss-reactive ketones (excluding diaryl/α,β-unsaturated/α-hetero) is 1. The lowest BCUT2D eigenvalue weighted by Crippen LogP contribution is -2.10. The van der Waals surface area contributed by atoms with Crippen LogP contribution in [0.1, 0.15) is 39.0 Å². The van der Waals surface area contributed by atoms with Crippen LogP contribution in [0.3, 0.4) is 0 Å². The van der Waals surface area contributed by atoms with Crippen molar-refractivity contribution in [2.75, 3.05) is 6.61 Å². The van der Waals surface area contributed by atoms with Crippen LogP contribution in [0.25, 0.3) is 0 Å². The van der Waals surface area contributed by atoms with Gasteiger partial charge in [-0.3, -0.25) is 4.79 Å². The van der Waals surface area contributed by atoms with Crippen molar-refractivity contribution in [1.82, 2.24) is 0 Å². The summed E-state index contributed by atoms with van der Waals surface area (Å²) in [7, 11) is 0. The molecule has 88 valence electrons. The summed E-state index contributed by atoms with van der Waals surface area (Å²) in [4.78, 5) is 22.5. The lowest BCUT2D eigenvalue weighted by atomic mass is 10.1. The van der Waals surface area contributed by atoms with Gasteiger partial charge in [-0.2, -0.15) is 5.26 Å². The largest absolute Gasteiger partial charge is 0.463 e. The maximum atomic E-state index is 11.4. The highest BCUT2D eigenvalue weighted by Gasteiger charge is 2.12. The van der Waals surface area contributed by atoms with E-state index >= 15 is 0 Å². The van der Waals surface area contributed by atoms with Gasteiger partial charge in [-0.15, -0.1) is 0 Å². The maximum absolute atomic E-state index is 11.4. The molecule has 0 aromatic carbocycles. The molecule has 0 unspecified atom stereocenters. The number of ether oxygens (including phenoxy) is 1. The van der Waals surface area contributed by atoms with E-state index in [-0.39, 0.29) is 24.4 Å². The van der Waals surface area contributed by atoms with Crippen molar-refractivity contribution in [3.05, 3.63) is 12.2 Å². The van der Waals surface area contributed by atoms with Crippen molar-refractivity contribution in [3.8, 4) is 6.07 Å². The molecule has 0 rings (SSSR count). The van der Waals surface area contributed by atoms with Gasteiger partial charge in [0.25, 0.3) is 0 Å². The first-order valence-corrected chi connectivity index (χ1v) is 5.35. The third kappa shape index (κ3) is 6.77. The number of carbonyl (C=O) groups is 2. The molecular weight excluding hydrogens is 206 g/mol. The van der Waals surface area contributed by atoms with E-state index in [9.17, 15) is 9.59 Å². The first-order valence-electron chi connectivity index (χ1n) is 5.35. The number of rotatable bonds is 8. The number of esters is 1. The Kier molecular flexibility index (Phi) is 7.78. The molecule has 0 aliphatic carbocycles. The van der Waals surface area contributed by atoms with E-state index in [0.717, 1.165) is 0 Å². The smallest absolute Gasteiger partial charge is 0.333 e. The van der Waals surface area contributed by atoms with Crippen LogP contribution in [-0.2, 0) is 14.3 Å². The Labute approximate surface area is 95.9 Å². The summed E-state index contributed by atoms with van der Waals surface area (Å²) in [6.07, 6.45) is 2.30. The number of carbonyl (C=O) groups excluding carboxylic acids is 2. The Bertz CT molecular complexity index is 302. The van der Waals surface area contributed by atoms with E-state index in [2.05, 4.69) is 6.58 Å². The minimum atomic E-state index is -0.507. The van der Waals surface area contributed by atoms with Crippen molar-refractivity contribution in [3.63, 3.8) is 0 Å². The lowest BCUT2D eigenvalue weighted by molar-refractivity contribution is -0.139. The van der Waals surface area contributed by atoms with Gasteiger partial charge in [-0.05, 0) is 19.8 Å². The van der Waals surface area contributed by atoms with Crippen molar-refractivity contribution in [2.45, 2.75) is 39.0 Å². The van der Waals surface area contributed by atoms with Gasteiger partial charge in [0.15, 0.2) is 0 Å². The molecule has 0 aliphatic rings. The zero-order valence-electron chi connectivity index (χ0n) is 9.62. The summed E-state index contributed by atoms with van der Waals surface area (Å²) in [6, 6.07) is 2.01. The highest BCUT2D eigenvalue weighted by molar-refractivity contribution is 5.95. The standard InChI is InChI=1S/C12H17NO3/c1-3-16-12(15)10(2)9-11(14)7-5-4-6-8-13/h2-7,9H2,1H3. The van der Waals surface area contributed by atoms with Crippen LogP contribution in [0, 0.1) is 11.3 Å². The van der Waals surface area contributed by atoms with Crippen LogP contribution in [0.5, 0.6) is 0 Å². The van der Waals surface area contributed by atoms with E-state index in [1.807, 2.05) is 6.07 Å². The number of ketones is 1. The minimum Gasteiger partial charge on any atom is -0.463 e. The minimum absolute atomic E-state index is 0.0315.